The van der Waals surface area contributed by atoms with E-state index in [1.54, 1.807) is 4.90 Å². The molecule has 0 aliphatic carbocycles. The Morgan fingerprint density at radius 3 is 2.50 bits per heavy atom. The molecule has 0 aromatic heterocycles. The second-order valence-electron chi connectivity index (χ2n) is 5.45. The number of carbonyl (C=O) groups excluding carboxylic acids is 1. The number of benzene rings is 2. The van der Waals surface area contributed by atoms with Gasteiger partial charge in [-0.3, -0.25) is 4.79 Å². The zero-order valence-electron chi connectivity index (χ0n) is 12.4. The van der Waals surface area contributed by atoms with Crippen molar-refractivity contribution >= 4 is 5.91 Å². The molecule has 0 spiro atoms. The average molecular weight is 293 g/mol. The lowest BCUT2D eigenvalue weighted by molar-refractivity contribution is 0.0520. The molecule has 1 aliphatic rings. The van der Waals surface area contributed by atoms with E-state index in [1.165, 1.54) is 0 Å². The third-order valence-corrected chi connectivity index (χ3v) is 4.20. The number of nitrogens with zero attached hydrogens (tertiary/aromatic N) is 1. The van der Waals surface area contributed by atoms with Crippen molar-refractivity contribution in [2.24, 2.45) is 0 Å². The monoisotopic (exact) mass is 293 g/mol. The first-order valence-electron chi connectivity index (χ1n) is 7.46. The van der Waals surface area contributed by atoms with Gasteiger partial charge in [-0.1, -0.05) is 54.6 Å². The smallest absolute Gasteiger partial charge is 0.255 e. The number of rotatable bonds is 5. The summed E-state index contributed by atoms with van der Waals surface area (Å²) in [5.41, 5.74) is 2.69. The number of amides is 1. The van der Waals surface area contributed by atoms with Crippen LogP contribution in [-0.2, 0) is 0 Å². The van der Waals surface area contributed by atoms with E-state index >= 15 is 0 Å². The largest absolute Gasteiger partial charge is 0.394 e. The molecular formula is C19H19NO2. The topological polar surface area (TPSA) is 40.5 Å². The number of hydrogen-bond acceptors (Lipinski definition) is 2. The number of fused-ring (bicyclic) bond motifs is 1. The van der Waals surface area contributed by atoms with E-state index in [-0.39, 0.29) is 24.6 Å². The van der Waals surface area contributed by atoms with Gasteiger partial charge in [0.1, 0.15) is 0 Å². The molecule has 0 radical (unpaired) electrons. The molecule has 0 saturated heterocycles. The minimum absolute atomic E-state index is 0.0228. The highest BCUT2D eigenvalue weighted by Crippen LogP contribution is 2.41. The van der Waals surface area contributed by atoms with Gasteiger partial charge in [-0.15, -0.1) is 6.58 Å². The van der Waals surface area contributed by atoms with E-state index in [9.17, 15) is 9.90 Å². The Labute approximate surface area is 130 Å². The van der Waals surface area contributed by atoms with Gasteiger partial charge >= 0.3 is 0 Å². The lowest BCUT2D eigenvalue weighted by Gasteiger charge is -2.32. The normalized spacial score (nSPS) is 18.1. The molecule has 0 saturated carbocycles. The Balaban J connectivity index is 2.05. The fourth-order valence-electron chi connectivity index (χ4n) is 3.20. The quantitative estimate of drug-likeness (QED) is 0.857. The van der Waals surface area contributed by atoms with Gasteiger partial charge in [-0.25, -0.2) is 0 Å². The molecule has 0 fully saturated rings. The van der Waals surface area contributed by atoms with Crippen LogP contribution in [0, 0.1) is 0 Å². The molecule has 1 aliphatic heterocycles. The molecule has 3 nitrogen and oxygen atoms in total. The highest BCUT2D eigenvalue weighted by molar-refractivity contribution is 5.99. The second-order valence-corrected chi connectivity index (χ2v) is 5.45. The van der Waals surface area contributed by atoms with E-state index in [0.717, 1.165) is 16.7 Å². The maximum Gasteiger partial charge on any atom is 0.255 e. The van der Waals surface area contributed by atoms with Crippen LogP contribution in [0.3, 0.4) is 0 Å². The molecule has 3 rings (SSSR count). The minimum Gasteiger partial charge on any atom is -0.394 e. The Morgan fingerprint density at radius 2 is 1.82 bits per heavy atom. The highest BCUT2D eigenvalue weighted by atomic mass is 16.3. The summed E-state index contributed by atoms with van der Waals surface area (Å²) >= 11 is 0. The van der Waals surface area contributed by atoms with Crippen LogP contribution in [0.2, 0.25) is 0 Å². The average Bonchev–Trinajstić information content (AvgIpc) is 2.84. The van der Waals surface area contributed by atoms with Crippen molar-refractivity contribution in [3.8, 4) is 0 Å². The molecule has 3 heteroatoms. The van der Waals surface area contributed by atoms with Crippen molar-refractivity contribution in [1.82, 2.24) is 4.90 Å². The number of aliphatic hydroxyl groups is 1. The third kappa shape index (κ3) is 2.34. The Morgan fingerprint density at radius 1 is 1.14 bits per heavy atom. The zero-order valence-corrected chi connectivity index (χ0v) is 12.4. The first kappa shape index (κ1) is 14.5. The van der Waals surface area contributed by atoms with Gasteiger partial charge in [0.2, 0.25) is 0 Å². The number of aliphatic hydroxyl groups excluding tert-OH is 1. The second kappa shape index (κ2) is 6.16. The Kier molecular flexibility index (Phi) is 4.07. The maximum absolute atomic E-state index is 12.8. The van der Waals surface area contributed by atoms with Gasteiger partial charge in [0.05, 0.1) is 18.7 Å². The summed E-state index contributed by atoms with van der Waals surface area (Å²) in [6.07, 6.45) is 2.50. The van der Waals surface area contributed by atoms with E-state index in [1.807, 2.05) is 60.7 Å². The molecule has 1 N–H and O–H groups in total. The van der Waals surface area contributed by atoms with Crippen LogP contribution in [0.5, 0.6) is 0 Å². The predicted molar refractivity (Wildman–Crippen MR) is 86.4 cm³/mol. The van der Waals surface area contributed by atoms with Gasteiger partial charge in [0.15, 0.2) is 0 Å². The van der Waals surface area contributed by atoms with Crippen LogP contribution >= 0.6 is 0 Å². The van der Waals surface area contributed by atoms with Gasteiger partial charge in [-0.2, -0.15) is 0 Å². The third-order valence-electron chi connectivity index (χ3n) is 4.20. The minimum atomic E-state index is -0.342. The summed E-state index contributed by atoms with van der Waals surface area (Å²) in [6.45, 7) is 3.71. The molecule has 1 heterocycles. The molecule has 2 aromatic carbocycles. The van der Waals surface area contributed by atoms with Gasteiger partial charge < -0.3 is 10.0 Å². The van der Waals surface area contributed by atoms with Crippen molar-refractivity contribution in [3.63, 3.8) is 0 Å². The van der Waals surface area contributed by atoms with E-state index in [4.69, 9.17) is 0 Å². The fraction of sp³-hybridized carbons (Fsp3) is 0.211. The summed E-state index contributed by atoms with van der Waals surface area (Å²) in [5, 5.41) is 9.90. The summed E-state index contributed by atoms with van der Waals surface area (Å²) in [7, 11) is 0. The number of carbonyl (C=O) groups is 1. The highest BCUT2D eigenvalue weighted by Gasteiger charge is 2.39. The van der Waals surface area contributed by atoms with Gasteiger partial charge in [-0.05, 0) is 23.6 Å². The van der Waals surface area contributed by atoms with Crippen molar-refractivity contribution < 1.29 is 9.90 Å². The summed E-state index contributed by atoms with van der Waals surface area (Å²) in [4.78, 5) is 14.6. The first-order valence-corrected chi connectivity index (χ1v) is 7.46. The lowest BCUT2D eigenvalue weighted by atomic mass is 10.0. The number of hydrogen-bond donors (Lipinski definition) is 1. The van der Waals surface area contributed by atoms with Gasteiger partial charge in [0.25, 0.3) is 5.91 Å². The molecular weight excluding hydrogens is 274 g/mol. The molecule has 0 unspecified atom stereocenters. The SMILES string of the molecule is C=CC[C@H]1c2ccccc2C(=O)N1[C@@H](CO)c1ccccc1. The summed E-state index contributed by atoms with van der Waals surface area (Å²) in [5.74, 6) is -0.0228. The first-order chi connectivity index (χ1) is 10.8. The van der Waals surface area contributed by atoms with Crippen molar-refractivity contribution in [3.05, 3.63) is 83.9 Å². The molecule has 2 atom stereocenters. The van der Waals surface area contributed by atoms with E-state index < -0.39 is 0 Å². The maximum atomic E-state index is 12.8. The fourth-order valence-corrected chi connectivity index (χ4v) is 3.20. The molecule has 0 bridgehead atoms. The van der Waals surface area contributed by atoms with Crippen LogP contribution < -0.4 is 0 Å². The van der Waals surface area contributed by atoms with Crippen LogP contribution in [0.1, 0.15) is 40.0 Å². The molecule has 2 aromatic rings. The van der Waals surface area contributed by atoms with Crippen LogP contribution in [0.15, 0.2) is 67.3 Å². The molecule has 1 amide bonds. The summed E-state index contributed by atoms with van der Waals surface area (Å²) < 4.78 is 0. The summed E-state index contributed by atoms with van der Waals surface area (Å²) in [6, 6.07) is 16.9. The molecule has 22 heavy (non-hydrogen) atoms. The Bertz CT molecular complexity index is 681. The lowest BCUT2D eigenvalue weighted by Crippen LogP contribution is -2.34. The van der Waals surface area contributed by atoms with Crippen LogP contribution in [0.4, 0.5) is 0 Å². The van der Waals surface area contributed by atoms with Crippen molar-refractivity contribution in [2.75, 3.05) is 6.61 Å². The van der Waals surface area contributed by atoms with Crippen LogP contribution in [0.25, 0.3) is 0 Å². The van der Waals surface area contributed by atoms with Gasteiger partial charge in [0, 0.05) is 5.56 Å². The predicted octanol–water partition coefficient (Wildman–Crippen LogP) is 3.49. The zero-order chi connectivity index (χ0) is 15.5. The van der Waals surface area contributed by atoms with E-state index in [0.29, 0.717) is 6.42 Å². The van der Waals surface area contributed by atoms with Crippen molar-refractivity contribution in [1.29, 1.82) is 0 Å². The Hall–Kier alpha value is -2.39. The van der Waals surface area contributed by atoms with Crippen molar-refractivity contribution in [2.45, 2.75) is 18.5 Å². The van der Waals surface area contributed by atoms with Crippen LogP contribution in [-0.4, -0.2) is 22.5 Å². The standard InChI is InChI=1S/C19H19NO2/c1-2-8-17-15-11-6-7-12-16(15)19(22)20(17)18(13-21)14-9-4-3-5-10-14/h2-7,9-12,17-18,21H,1,8,13H2/t17-,18-/m0/s1. The van der Waals surface area contributed by atoms with E-state index in [2.05, 4.69) is 6.58 Å². The molecule has 112 valence electrons.